The highest BCUT2D eigenvalue weighted by molar-refractivity contribution is 5.76. The van der Waals surface area contributed by atoms with Gasteiger partial charge in [0.1, 0.15) is 5.75 Å². The van der Waals surface area contributed by atoms with Gasteiger partial charge in [-0.2, -0.15) is 0 Å². The minimum atomic E-state index is -0.444. The largest absolute Gasteiger partial charge is 0.508 e. The summed E-state index contributed by atoms with van der Waals surface area (Å²) in [5, 5.41) is 11.0. The van der Waals surface area contributed by atoms with E-state index in [-0.39, 0.29) is 17.4 Å². The van der Waals surface area contributed by atoms with E-state index in [0.717, 1.165) is 56.4 Å². The summed E-state index contributed by atoms with van der Waals surface area (Å²) in [7, 11) is 3.17. The zero-order valence-electron chi connectivity index (χ0n) is 24.5. The Hall–Kier alpha value is -2.45. The maximum Gasteiger partial charge on any atom is 0.225 e. The maximum absolute atomic E-state index is 12.9. The Morgan fingerprint density at radius 2 is 1.74 bits per heavy atom. The summed E-state index contributed by atoms with van der Waals surface area (Å²) >= 11 is 0. The van der Waals surface area contributed by atoms with Crippen LogP contribution >= 0.6 is 0 Å². The van der Waals surface area contributed by atoms with E-state index in [1.807, 2.05) is 30.0 Å². The number of carbonyl (C=O) groups excluding carboxylic acids is 1. The van der Waals surface area contributed by atoms with Crippen molar-refractivity contribution < 1.29 is 24.1 Å². The molecular weight excluding hydrogens is 492 g/mol. The van der Waals surface area contributed by atoms with Crippen LogP contribution in [0.2, 0.25) is 0 Å². The number of phenols is 1. The van der Waals surface area contributed by atoms with Crippen LogP contribution in [0.1, 0.15) is 63.1 Å². The van der Waals surface area contributed by atoms with E-state index in [2.05, 4.69) is 49.1 Å². The summed E-state index contributed by atoms with van der Waals surface area (Å²) < 4.78 is 16.5. The third kappa shape index (κ3) is 8.04. The molecule has 1 saturated heterocycles. The molecule has 1 amide bonds. The first kappa shape index (κ1) is 31.1. The first-order chi connectivity index (χ1) is 18.9. The molecule has 0 radical (unpaired) electrons. The second-order valence-electron chi connectivity index (χ2n) is 10.6. The molecule has 2 aromatic carbocycles. The fourth-order valence-electron chi connectivity index (χ4n) is 5.59. The number of likely N-dealkylation sites (tertiary alicyclic amines) is 1. The molecule has 7 heteroatoms. The molecule has 1 N–H and O–H groups in total. The summed E-state index contributed by atoms with van der Waals surface area (Å²) in [5.41, 5.74) is 3.19. The lowest BCUT2D eigenvalue weighted by atomic mass is 9.67. The van der Waals surface area contributed by atoms with E-state index in [1.54, 1.807) is 14.2 Å². The Morgan fingerprint density at radius 3 is 2.36 bits per heavy atom. The Kier molecular flexibility index (Phi) is 12.2. The SMILES string of the molecule is CCC(C)N(CC(OC)OC)C(=O)CCOCCc1ccc(O)c(C2(c3ccccc3)CCN(CC)CC2)c1. The highest BCUT2D eigenvalue weighted by Crippen LogP contribution is 2.45. The Labute approximate surface area is 235 Å². The molecule has 0 saturated carbocycles. The van der Waals surface area contributed by atoms with Crippen LogP contribution in [0.25, 0.3) is 0 Å². The fraction of sp³-hybridized carbons (Fsp3) is 0.594. The summed E-state index contributed by atoms with van der Waals surface area (Å²) in [6.07, 6.45) is 3.40. The van der Waals surface area contributed by atoms with Crippen LogP contribution in [-0.4, -0.2) is 86.8 Å². The standard InChI is InChI=1S/C32H48N2O5/c1-6-25(3)34(24-31(37-4)38-5)30(36)16-22-39-21-15-26-13-14-29(35)28(23-26)32(27-11-9-8-10-12-27)17-19-33(7-2)20-18-32/h8-14,23,25,31,35H,6-7,15-22,24H2,1-5H3. The predicted molar refractivity (Wildman–Crippen MR) is 155 cm³/mol. The second kappa shape index (κ2) is 15.4. The number of nitrogens with zero attached hydrogens (tertiary/aromatic N) is 2. The lowest BCUT2D eigenvalue weighted by Crippen LogP contribution is -2.44. The topological polar surface area (TPSA) is 71.5 Å². The lowest BCUT2D eigenvalue weighted by molar-refractivity contribution is -0.149. The minimum absolute atomic E-state index is 0.0404. The van der Waals surface area contributed by atoms with Crippen molar-refractivity contribution in [1.29, 1.82) is 0 Å². The molecule has 1 unspecified atom stereocenters. The van der Waals surface area contributed by atoms with Gasteiger partial charge >= 0.3 is 0 Å². The number of amides is 1. The number of hydrogen-bond donors (Lipinski definition) is 1. The van der Waals surface area contributed by atoms with E-state index >= 15 is 0 Å². The van der Waals surface area contributed by atoms with E-state index in [1.165, 1.54) is 5.56 Å². The third-order valence-electron chi connectivity index (χ3n) is 8.37. The van der Waals surface area contributed by atoms with Crippen LogP contribution in [0.3, 0.4) is 0 Å². The maximum atomic E-state index is 12.9. The average molecular weight is 541 g/mol. The number of hydrogen-bond acceptors (Lipinski definition) is 6. The molecule has 1 atom stereocenters. The normalized spacial score (nSPS) is 16.4. The monoisotopic (exact) mass is 540 g/mol. The number of phenolic OH excluding ortho intramolecular Hbond substituents is 1. The predicted octanol–water partition coefficient (Wildman–Crippen LogP) is 4.99. The first-order valence-corrected chi connectivity index (χ1v) is 14.4. The number of aromatic hydroxyl groups is 1. The van der Waals surface area contributed by atoms with E-state index in [4.69, 9.17) is 14.2 Å². The van der Waals surface area contributed by atoms with Crippen LogP contribution in [0.4, 0.5) is 0 Å². The van der Waals surface area contributed by atoms with Crippen molar-refractivity contribution in [1.82, 2.24) is 9.80 Å². The zero-order chi connectivity index (χ0) is 28.3. The van der Waals surface area contributed by atoms with Gasteiger partial charge in [0.05, 0.1) is 26.2 Å². The second-order valence-corrected chi connectivity index (χ2v) is 10.6. The first-order valence-electron chi connectivity index (χ1n) is 14.4. The molecule has 0 bridgehead atoms. The number of carbonyl (C=O) groups is 1. The average Bonchev–Trinajstić information content (AvgIpc) is 2.98. The van der Waals surface area contributed by atoms with Gasteiger partial charge in [0, 0.05) is 31.2 Å². The Bertz CT molecular complexity index is 1000. The van der Waals surface area contributed by atoms with Gasteiger partial charge in [0.15, 0.2) is 6.29 Å². The van der Waals surface area contributed by atoms with Crippen molar-refractivity contribution in [3.63, 3.8) is 0 Å². The van der Waals surface area contributed by atoms with Crippen LogP contribution in [0, 0.1) is 0 Å². The van der Waals surface area contributed by atoms with Gasteiger partial charge in [-0.25, -0.2) is 0 Å². The van der Waals surface area contributed by atoms with Crippen LogP contribution in [0.15, 0.2) is 48.5 Å². The molecule has 0 spiro atoms. The summed E-state index contributed by atoms with van der Waals surface area (Å²) in [5.74, 6) is 0.396. The van der Waals surface area contributed by atoms with Crippen LogP contribution < -0.4 is 0 Å². The zero-order valence-corrected chi connectivity index (χ0v) is 24.5. The van der Waals surface area contributed by atoms with Gasteiger partial charge < -0.3 is 29.1 Å². The van der Waals surface area contributed by atoms with Crippen LogP contribution in [0.5, 0.6) is 5.75 Å². The van der Waals surface area contributed by atoms with Crippen molar-refractivity contribution in [3.8, 4) is 5.75 Å². The van der Waals surface area contributed by atoms with E-state index in [9.17, 15) is 9.90 Å². The highest BCUT2D eigenvalue weighted by Gasteiger charge is 2.39. The molecule has 1 aliphatic rings. The van der Waals surface area contributed by atoms with Crippen LogP contribution in [-0.2, 0) is 30.8 Å². The van der Waals surface area contributed by atoms with E-state index < -0.39 is 6.29 Å². The molecule has 39 heavy (non-hydrogen) atoms. The van der Waals surface area contributed by atoms with Crippen molar-refractivity contribution in [2.75, 3.05) is 53.6 Å². The smallest absolute Gasteiger partial charge is 0.225 e. The van der Waals surface area contributed by atoms with Gasteiger partial charge in [0.25, 0.3) is 0 Å². The number of benzene rings is 2. The highest BCUT2D eigenvalue weighted by atomic mass is 16.7. The Morgan fingerprint density at radius 1 is 1.05 bits per heavy atom. The summed E-state index contributed by atoms with van der Waals surface area (Å²) in [6, 6.07) is 16.7. The van der Waals surface area contributed by atoms with Gasteiger partial charge in [-0.3, -0.25) is 4.79 Å². The fourth-order valence-corrected chi connectivity index (χ4v) is 5.59. The third-order valence-corrected chi connectivity index (χ3v) is 8.37. The number of piperidine rings is 1. The van der Waals surface area contributed by atoms with Gasteiger partial charge in [-0.1, -0.05) is 56.3 Å². The molecule has 7 nitrogen and oxygen atoms in total. The molecule has 0 aromatic heterocycles. The minimum Gasteiger partial charge on any atom is -0.508 e. The molecular formula is C32H48N2O5. The molecule has 2 aromatic rings. The number of methoxy groups -OCH3 is 2. The number of rotatable bonds is 15. The van der Waals surface area contributed by atoms with Gasteiger partial charge in [-0.15, -0.1) is 0 Å². The van der Waals surface area contributed by atoms with Crippen molar-refractivity contribution >= 4 is 5.91 Å². The molecule has 1 aliphatic heterocycles. The van der Waals surface area contributed by atoms with Crippen molar-refractivity contribution in [2.24, 2.45) is 0 Å². The van der Waals surface area contributed by atoms with Gasteiger partial charge in [-0.05, 0) is 69.4 Å². The van der Waals surface area contributed by atoms with Crippen molar-refractivity contribution in [2.45, 2.75) is 70.6 Å². The summed E-state index contributed by atoms with van der Waals surface area (Å²) in [6.45, 7) is 10.7. The lowest BCUT2D eigenvalue weighted by Gasteiger charge is -2.43. The molecule has 3 rings (SSSR count). The molecule has 216 valence electrons. The van der Waals surface area contributed by atoms with E-state index in [0.29, 0.717) is 31.9 Å². The molecule has 1 fully saturated rings. The molecule has 1 heterocycles. The number of ether oxygens (including phenoxy) is 3. The Balaban J connectivity index is 1.62. The molecule has 0 aliphatic carbocycles. The summed E-state index contributed by atoms with van der Waals surface area (Å²) in [4.78, 5) is 17.2. The van der Waals surface area contributed by atoms with Gasteiger partial charge in [0.2, 0.25) is 5.91 Å². The quantitative estimate of drug-likeness (QED) is 0.254. The van der Waals surface area contributed by atoms with Crippen molar-refractivity contribution in [3.05, 3.63) is 65.2 Å².